The molecule has 4 heteroatoms. The third-order valence-corrected chi connectivity index (χ3v) is 2.62. The average Bonchev–Trinajstić information content (AvgIpc) is 2.32. The molecular formula is C15H27N3O. The van der Waals surface area contributed by atoms with Crippen molar-refractivity contribution in [2.75, 3.05) is 27.2 Å². The van der Waals surface area contributed by atoms with Crippen LogP contribution in [-0.4, -0.2) is 42.7 Å². The molecule has 1 heterocycles. The van der Waals surface area contributed by atoms with Gasteiger partial charge in [-0.15, -0.1) is 0 Å². The molecule has 0 saturated carbocycles. The van der Waals surface area contributed by atoms with E-state index in [1.165, 1.54) is 5.56 Å². The van der Waals surface area contributed by atoms with Crippen molar-refractivity contribution in [3.8, 4) is 5.88 Å². The number of pyridine rings is 1. The summed E-state index contributed by atoms with van der Waals surface area (Å²) in [6.45, 7) is 9.05. The van der Waals surface area contributed by atoms with Gasteiger partial charge in [0.2, 0.25) is 5.88 Å². The van der Waals surface area contributed by atoms with Crippen LogP contribution in [0.4, 0.5) is 0 Å². The lowest BCUT2D eigenvalue weighted by atomic mass is 10.1. The molecule has 1 rings (SSSR count). The van der Waals surface area contributed by atoms with E-state index in [4.69, 9.17) is 4.74 Å². The molecule has 0 spiro atoms. The normalized spacial score (nSPS) is 11.9. The molecule has 0 radical (unpaired) electrons. The number of rotatable bonds is 7. The number of hydrogen-bond donors (Lipinski definition) is 1. The van der Waals surface area contributed by atoms with Gasteiger partial charge in [0.15, 0.2) is 0 Å². The Balaban J connectivity index is 2.39. The number of nitrogens with zero attached hydrogens (tertiary/aromatic N) is 2. The van der Waals surface area contributed by atoms with Crippen LogP contribution in [0.2, 0.25) is 0 Å². The van der Waals surface area contributed by atoms with Crippen LogP contribution in [0.5, 0.6) is 5.88 Å². The summed E-state index contributed by atoms with van der Waals surface area (Å²) in [6, 6.07) is 4.03. The first-order valence-electron chi connectivity index (χ1n) is 6.84. The molecule has 4 nitrogen and oxygen atoms in total. The van der Waals surface area contributed by atoms with E-state index in [1.54, 1.807) is 6.20 Å². The third-order valence-electron chi connectivity index (χ3n) is 2.62. The van der Waals surface area contributed by atoms with Gasteiger partial charge in [0.25, 0.3) is 0 Å². The highest BCUT2D eigenvalue weighted by atomic mass is 16.5. The predicted molar refractivity (Wildman–Crippen MR) is 79.5 cm³/mol. The van der Waals surface area contributed by atoms with Crippen molar-refractivity contribution in [2.24, 2.45) is 0 Å². The van der Waals surface area contributed by atoms with Crippen molar-refractivity contribution in [3.63, 3.8) is 0 Å². The van der Waals surface area contributed by atoms with Gasteiger partial charge in [-0.2, -0.15) is 0 Å². The molecule has 0 fully saturated rings. The first-order chi connectivity index (χ1) is 8.87. The van der Waals surface area contributed by atoms with E-state index in [-0.39, 0.29) is 5.54 Å². The number of nitrogens with one attached hydrogen (secondary N) is 1. The molecule has 108 valence electrons. The summed E-state index contributed by atoms with van der Waals surface area (Å²) < 4.78 is 5.66. The molecule has 0 unspecified atom stereocenters. The maximum Gasteiger partial charge on any atom is 0.213 e. The van der Waals surface area contributed by atoms with Gasteiger partial charge in [0, 0.05) is 30.9 Å². The molecular weight excluding hydrogens is 238 g/mol. The van der Waals surface area contributed by atoms with E-state index in [2.05, 4.69) is 50.1 Å². The van der Waals surface area contributed by atoms with Crippen molar-refractivity contribution < 1.29 is 4.74 Å². The van der Waals surface area contributed by atoms with Crippen LogP contribution < -0.4 is 10.1 Å². The standard InChI is InChI=1S/C15H27N3O/c1-15(2,3)17-12-13-7-8-16-14(11-13)19-10-6-9-18(4)5/h7-8,11,17H,6,9-10,12H2,1-5H3. The Kier molecular flexibility index (Phi) is 6.25. The topological polar surface area (TPSA) is 37.4 Å². The maximum absolute atomic E-state index is 5.66. The maximum atomic E-state index is 5.66. The molecule has 0 bridgehead atoms. The lowest BCUT2D eigenvalue weighted by Crippen LogP contribution is -2.35. The van der Waals surface area contributed by atoms with Gasteiger partial charge in [0.1, 0.15) is 0 Å². The minimum Gasteiger partial charge on any atom is -0.478 e. The smallest absolute Gasteiger partial charge is 0.213 e. The highest BCUT2D eigenvalue weighted by Gasteiger charge is 2.08. The molecule has 19 heavy (non-hydrogen) atoms. The zero-order valence-corrected chi connectivity index (χ0v) is 12.9. The zero-order valence-electron chi connectivity index (χ0n) is 12.9. The number of ether oxygens (including phenoxy) is 1. The van der Waals surface area contributed by atoms with Crippen LogP contribution in [0.1, 0.15) is 32.8 Å². The van der Waals surface area contributed by atoms with Crippen molar-refractivity contribution >= 4 is 0 Å². The summed E-state index contributed by atoms with van der Waals surface area (Å²) in [5.74, 6) is 0.715. The van der Waals surface area contributed by atoms with Crippen LogP contribution in [0.3, 0.4) is 0 Å². The molecule has 0 amide bonds. The summed E-state index contributed by atoms with van der Waals surface area (Å²) in [6.07, 6.45) is 2.82. The van der Waals surface area contributed by atoms with Crippen LogP contribution in [0, 0.1) is 0 Å². The SMILES string of the molecule is CN(C)CCCOc1cc(CNC(C)(C)C)ccn1. The monoisotopic (exact) mass is 265 g/mol. The summed E-state index contributed by atoms with van der Waals surface area (Å²) in [5, 5.41) is 3.46. The first-order valence-corrected chi connectivity index (χ1v) is 6.84. The Morgan fingerprint density at radius 1 is 1.32 bits per heavy atom. The van der Waals surface area contributed by atoms with Gasteiger partial charge >= 0.3 is 0 Å². The minimum atomic E-state index is 0.121. The van der Waals surface area contributed by atoms with Crippen LogP contribution in [0.15, 0.2) is 18.3 Å². The fourth-order valence-corrected chi connectivity index (χ4v) is 1.56. The highest BCUT2D eigenvalue weighted by molar-refractivity contribution is 5.20. The zero-order chi connectivity index (χ0) is 14.3. The average molecular weight is 265 g/mol. The Hall–Kier alpha value is -1.13. The summed E-state index contributed by atoms with van der Waals surface area (Å²) >= 11 is 0. The van der Waals surface area contributed by atoms with Gasteiger partial charge in [-0.3, -0.25) is 0 Å². The second-order valence-corrected chi connectivity index (χ2v) is 6.11. The molecule has 1 aromatic heterocycles. The largest absolute Gasteiger partial charge is 0.478 e. The quantitative estimate of drug-likeness (QED) is 0.768. The third kappa shape index (κ3) is 7.80. The molecule has 0 aliphatic rings. The Bertz CT molecular complexity index is 372. The van der Waals surface area contributed by atoms with Gasteiger partial charge in [-0.1, -0.05) is 0 Å². The van der Waals surface area contributed by atoms with Crippen LogP contribution in [-0.2, 0) is 6.54 Å². The lowest BCUT2D eigenvalue weighted by molar-refractivity contribution is 0.273. The Labute approximate surface area is 117 Å². The van der Waals surface area contributed by atoms with E-state index < -0.39 is 0 Å². The van der Waals surface area contributed by atoms with E-state index in [1.807, 2.05) is 12.1 Å². The van der Waals surface area contributed by atoms with E-state index >= 15 is 0 Å². The number of hydrogen-bond acceptors (Lipinski definition) is 4. The molecule has 1 N–H and O–H groups in total. The summed E-state index contributed by atoms with van der Waals surface area (Å²) in [7, 11) is 4.13. The van der Waals surface area contributed by atoms with Crippen molar-refractivity contribution in [3.05, 3.63) is 23.9 Å². The molecule has 0 aromatic carbocycles. The summed E-state index contributed by atoms with van der Waals surface area (Å²) in [4.78, 5) is 6.39. The second kappa shape index (κ2) is 7.46. The first kappa shape index (κ1) is 15.9. The molecule has 0 atom stereocenters. The predicted octanol–water partition coefficient (Wildman–Crippen LogP) is 2.30. The van der Waals surface area contributed by atoms with Gasteiger partial charge in [0.05, 0.1) is 6.61 Å². The lowest BCUT2D eigenvalue weighted by Gasteiger charge is -2.20. The molecule has 0 aliphatic carbocycles. The Morgan fingerprint density at radius 2 is 2.05 bits per heavy atom. The summed E-state index contributed by atoms with van der Waals surface area (Å²) in [5.41, 5.74) is 1.32. The van der Waals surface area contributed by atoms with E-state index in [0.29, 0.717) is 12.5 Å². The molecule has 0 saturated heterocycles. The number of aromatic nitrogens is 1. The molecule has 0 aliphatic heterocycles. The van der Waals surface area contributed by atoms with Gasteiger partial charge in [-0.25, -0.2) is 4.98 Å². The van der Waals surface area contributed by atoms with Crippen LogP contribution in [0.25, 0.3) is 0 Å². The van der Waals surface area contributed by atoms with Gasteiger partial charge < -0.3 is 15.0 Å². The van der Waals surface area contributed by atoms with Crippen LogP contribution >= 0.6 is 0 Å². The van der Waals surface area contributed by atoms with E-state index in [9.17, 15) is 0 Å². The van der Waals surface area contributed by atoms with Gasteiger partial charge in [-0.05, 0) is 52.9 Å². The van der Waals surface area contributed by atoms with Crippen molar-refractivity contribution in [2.45, 2.75) is 39.3 Å². The molecule has 1 aromatic rings. The highest BCUT2D eigenvalue weighted by Crippen LogP contribution is 2.11. The van der Waals surface area contributed by atoms with E-state index in [0.717, 1.165) is 19.5 Å². The van der Waals surface area contributed by atoms with Crippen molar-refractivity contribution in [1.29, 1.82) is 0 Å². The minimum absolute atomic E-state index is 0.121. The fraction of sp³-hybridized carbons (Fsp3) is 0.667. The fourth-order valence-electron chi connectivity index (χ4n) is 1.56. The Morgan fingerprint density at radius 3 is 2.68 bits per heavy atom. The van der Waals surface area contributed by atoms with Crippen molar-refractivity contribution in [1.82, 2.24) is 15.2 Å². The second-order valence-electron chi connectivity index (χ2n) is 6.11.